The molecule has 0 amide bonds. The summed E-state index contributed by atoms with van der Waals surface area (Å²) in [4.78, 5) is 0. The molecule has 0 heterocycles. The summed E-state index contributed by atoms with van der Waals surface area (Å²) in [6.45, 7) is 0. The first-order chi connectivity index (χ1) is 8.71. The Bertz CT molecular complexity index is 585. The van der Waals surface area contributed by atoms with Crippen LogP contribution in [-0.2, 0) is 0 Å². The molecule has 0 aliphatic heterocycles. The molecule has 0 aliphatic rings. The highest BCUT2D eigenvalue weighted by Crippen LogP contribution is 2.25. The number of hydrogen-bond donors (Lipinski definition) is 2. The number of methoxy groups -OCH3 is 1. The van der Waals surface area contributed by atoms with E-state index in [-0.39, 0.29) is 0 Å². The number of nitrogens with two attached hydrogens (primary N) is 1. The lowest BCUT2D eigenvalue weighted by atomic mass is 10.2. The third kappa shape index (κ3) is 2.71. The second-order valence-corrected chi connectivity index (χ2v) is 3.81. The van der Waals surface area contributed by atoms with Crippen LogP contribution in [0.3, 0.4) is 0 Å². The predicted octanol–water partition coefficient (Wildman–Crippen LogP) is 2.89. The van der Waals surface area contributed by atoms with Gasteiger partial charge in [0, 0.05) is 29.2 Å². The molecule has 0 spiro atoms. The van der Waals surface area contributed by atoms with Crippen LogP contribution < -0.4 is 15.8 Å². The lowest BCUT2D eigenvalue weighted by Gasteiger charge is -2.09. The van der Waals surface area contributed by atoms with Crippen LogP contribution in [0.15, 0.2) is 42.5 Å². The van der Waals surface area contributed by atoms with E-state index in [4.69, 9.17) is 15.7 Å². The highest BCUT2D eigenvalue weighted by atomic mass is 16.5. The molecule has 2 aromatic rings. The van der Waals surface area contributed by atoms with Crippen LogP contribution in [0.25, 0.3) is 0 Å². The smallest absolute Gasteiger partial charge is 0.122 e. The number of nitrogens with zero attached hydrogens (tertiary/aromatic N) is 1. The molecule has 0 radical (unpaired) electrons. The fourth-order valence-corrected chi connectivity index (χ4v) is 1.61. The Morgan fingerprint density at radius 2 is 1.83 bits per heavy atom. The van der Waals surface area contributed by atoms with Crippen molar-refractivity contribution in [2.45, 2.75) is 0 Å². The van der Waals surface area contributed by atoms with Crippen molar-refractivity contribution in [1.29, 1.82) is 5.26 Å². The molecule has 3 N–H and O–H groups in total. The largest absolute Gasteiger partial charge is 0.497 e. The molecule has 90 valence electrons. The van der Waals surface area contributed by atoms with Crippen LogP contribution >= 0.6 is 0 Å². The highest BCUT2D eigenvalue weighted by molar-refractivity contribution is 5.66. The van der Waals surface area contributed by atoms with E-state index in [9.17, 15) is 0 Å². The van der Waals surface area contributed by atoms with Gasteiger partial charge in [0.1, 0.15) is 5.75 Å². The Labute approximate surface area is 106 Å². The van der Waals surface area contributed by atoms with Crippen molar-refractivity contribution in [3.8, 4) is 11.8 Å². The fraction of sp³-hybridized carbons (Fsp3) is 0.0714. The molecule has 0 unspecified atom stereocenters. The summed E-state index contributed by atoms with van der Waals surface area (Å²) >= 11 is 0. The number of nitrogens with one attached hydrogen (secondary N) is 1. The second-order valence-electron chi connectivity index (χ2n) is 3.81. The first-order valence-corrected chi connectivity index (χ1v) is 5.43. The molecule has 0 saturated heterocycles. The summed E-state index contributed by atoms with van der Waals surface area (Å²) in [5.41, 5.74) is 8.77. The zero-order valence-corrected chi connectivity index (χ0v) is 9.97. The first-order valence-electron chi connectivity index (χ1n) is 5.43. The highest BCUT2D eigenvalue weighted by Gasteiger charge is 2.00. The third-order valence-electron chi connectivity index (χ3n) is 2.47. The summed E-state index contributed by atoms with van der Waals surface area (Å²) in [6.07, 6.45) is 0. The maximum absolute atomic E-state index is 8.72. The van der Waals surface area contributed by atoms with E-state index in [0.29, 0.717) is 17.0 Å². The summed E-state index contributed by atoms with van der Waals surface area (Å²) in [6, 6.07) is 14.7. The number of rotatable bonds is 3. The molecule has 0 saturated carbocycles. The minimum Gasteiger partial charge on any atom is -0.497 e. The summed E-state index contributed by atoms with van der Waals surface area (Å²) < 4.78 is 5.15. The van der Waals surface area contributed by atoms with Crippen LogP contribution in [0.4, 0.5) is 17.1 Å². The molecule has 18 heavy (non-hydrogen) atoms. The fourth-order valence-electron chi connectivity index (χ4n) is 1.61. The number of ether oxygens (including phenoxy) is 1. The van der Waals surface area contributed by atoms with Gasteiger partial charge in [-0.15, -0.1) is 0 Å². The monoisotopic (exact) mass is 239 g/mol. The Morgan fingerprint density at radius 1 is 1.11 bits per heavy atom. The molecule has 0 aliphatic carbocycles. The number of hydrogen-bond acceptors (Lipinski definition) is 4. The molecule has 0 fully saturated rings. The van der Waals surface area contributed by atoms with Crippen LogP contribution in [0, 0.1) is 11.3 Å². The van der Waals surface area contributed by atoms with Crippen molar-refractivity contribution in [3.05, 3.63) is 48.0 Å². The molecule has 4 heteroatoms. The van der Waals surface area contributed by atoms with Gasteiger partial charge in [-0.3, -0.25) is 0 Å². The van der Waals surface area contributed by atoms with E-state index in [1.165, 1.54) is 0 Å². The third-order valence-corrected chi connectivity index (χ3v) is 2.47. The quantitative estimate of drug-likeness (QED) is 0.808. The van der Waals surface area contributed by atoms with E-state index in [1.54, 1.807) is 25.3 Å². The van der Waals surface area contributed by atoms with Crippen molar-refractivity contribution >= 4 is 17.1 Å². The van der Waals surface area contributed by atoms with Crippen molar-refractivity contribution in [1.82, 2.24) is 0 Å². The van der Waals surface area contributed by atoms with Crippen LogP contribution in [0.1, 0.15) is 5.56 Å². The van der Waals surface area contributed by atoms with E-state index in [0.717, 1.165) is 11.4 Å². The molecule has 0 aromatic heterocycles. The summed E-state index contributed by atoms with van der Waals surface area (Å²) in [5.74, 6) is 0.700. The minimum atomic E-state index is 0.630. The van der Waals surface area contributed by atoms with Crippen molar-refractivity contribution in [2.75, 3.05) is 18.2 Å². The van der Waals surface area contributed by atoms with Gasteiger partial charge in [-0.1, -0.05) is 0 Å². The minimum absolute atomic E-state index is 0.630. The standard InChI is InChI=1S/C14H13N3O/c1-18-14-7-11(16)6-13(8-14)17-12-4-2-10(9-15)3-5-12/h2-8,17H,16H2,1H3. The molecular formula is C14H13N3O. The Kier molecular flexibility index (Phi) is 3.35. The lowest BCUT2D eigenvalue weighted by molar-refractivity contribution is 0.415. The summed E-state index contributed by atoms with van der Waals surface area (Å²) in [7, 11) is 1.60. The molecule has 4 nitrogen and oxygen atoms in total. The maximum Gasteiger partial charge on any atom is 0.122 e. The molecule has 2 aromatic carbocycles. The van der Waals surface area contributed by atoms with E-state index in [1.807, 2.05) is 24.3 Å². The van der Waals surface area contributed by atoms with Gasteiger partial charge in [0.25, 0.3) is 0 Å². The number of nitriles is 1. The van der Waals surface area contributed by atoms with E-state index < -0.39 is 0 Å². The maximum atomic E-state index is 8.72. The van der Waals surface area contributed by atoms with E-state index in [2.05, 4.69) is 11.4 Å². The van der Waals surface area contributed by atoms with Gasteiger partial charge in [-0.2, -0.15) is 5.26 Å². The second kappa shape index (κ2) is 5.11. The van der Waals surface area contributed by atoms with Gasteiger partial charge in [0.2, 0.25) is 0 Å². The zero-order chi connectivity index (χ0) is 13.0. The zero-order valence-electron chi connectivity index (χ0n) is 9.97. The van der Waals surface area contributed by atoms with Gasteiger partial charge in [0.05, 0.1) is 18.7 Å². The van der Waals surface area contributed by atoms with Crippen molar-refractivity contribution < 1.29 is 4.74 Å². The predicted molar refractivity (Wildman–Crippen MR) is 71.8 cm³/mol. The number of anilines is 3. The summed E-state index contributed by atoms with van der Waals surface area (Å²) in [5, 5.41) is 11.9. The molecule has 0 atom stereocenters. The Hall–Kier alpha value is -2.67. The van der Waals surface area contributed by atoms with Gasteiger partial charge >= 0.3 is 0 Å². The van der Waals surface area contributed by atoms with E-state index >= 15 is 0 Å². The van der Waals surface area contributed by atoms with Gasteiger partial charge < -0.3 is 15.8 Å². The van der Waals surface area contributed by atoms with Gasteiger partial charge in [-0.05, 0) is 30.3 Å². The first kappa shape index (κ1) is 11.8. The van der Waals surface area contributed by atoms with Gasteiger partial charge in [-0.25, -0.2) is 0 Å². The SMILES string of the molecule is COc1cc(N)cc(Nc2ccc(C#N)cc2)c1. The van der Waals surface area contributed by atoms with Crippen molar-refractivity contribution in [2.24, 2.45) is 0 Å². The average molecular weight is 239 g/mol. The molecule has 0 bridgehead atoms. The van der Waals surface area contributed by atoms with Crippen LogP contribution in [-0.4, -0.2) is 7.11 Å². The van der Waals surface area contributed by atoms with Crippen LogP contribution in [0.2, 0.25) is 0 Å². The molecule has 2 rings (SSSR count). The topological polar surface area (TPSA) is 71.1 Å². The van der Waals surface area contributed by atoms with Gasteiger partial charge in [0.15, 0.2) is 0 Å². The Balaban J connectivity index is 2.22. The number of nitrogen functional groups attached to an aromatic ring is 1. The average Bonchev–Trinajstić information content (AvgIpc) is 2.39. The molecular weight excluding hydrogens is 226 g/mol. The van der Waals surface area contributed by atoms with Crippen molar-refractivity contribution in [3.63, 3.8) is 0 Å². The number of benzene rings is 2. The normalized spacial score (nSPS) is 9.56. The Morgan fingerprint density at radius 3 is 2.44 bits per heavy atom. The lowest BCUT2D eigenvalue weighted by Crippen LogP contribution is -1.94. The van der Waals surface area contributed by atoms with Crippen LogP contribution in [0.5, 0.6) is 5.75 Å².